The smallest absolute Gasteiger partial charge is 0.251 e. The molecule has 0 bridgehead atoms. The quantitative estimate of drug-likeness (QED) is 0.438. The molecule has 6 heteroatoms. The summed E-state index contributed by atoms with van der Waals surface area (Å²) in [4.78, 5) is 24.8. The summed E-state index contributed by atoms with van der Waals surface area (Å²) < 4.78 is 5.84. The van der Waals surface area contributed by atoms with Crippen molar-refractivity contribution in [2.24, 2.45) is 0 Å². The van der Waals surface area contributed by atoms with E-state index in [1.54, 1.807) is 24.3 Å². The van der Waals surface area contributed by atoms with Gasteiger partial charge in [0.2, 0.25) is 5.91 Å². The molecule has 33 heavy (non-hydrogen) atoms. The van der Waals surface area contributed by atoms with Crippen LogP contribution in [0.1, 0.15) is 36.7 Å². The van der Waals surface area contributed by atoms with Crippen molar-refractivity contribution >= 4 is 23.2 Å². The van der Waals surface area contributed by atoms with E-state index >= 15 is 0 Å². The van der Waals surface area contributed by atoms with Crippen molar-refractivity contribution < 1.29 is 14.3 Å². The standard InChI is InChI=1S/C27H31N3O3/c1-27(2,3)30-26(32)21-11-7-13-23(17-21)29-25(31)19-28-22-12-8-14-24(18-22)33-16-15-20-9-5-4-6-10-20/h4-14,17-18,28H,15-16,19H2,1-3H3,(H,29,31)(H,30,32). The third kappa shape index (κ3) is 8.33. The van der Waals surface area contributed by atoms with Crippen molar-refractivity contribution in [1.82, 2.24) is 5.32 Å². The molecule has 0 heterocycles. The molecule has 0 aromatic heterocycles. The predicted octanol–water partition coefficient (Wildman–Crippen LogP) is 4.89. The van der Waals surface area contributed by atoms with Crippen LogP contribution in [0.25, 0.3) is 0 Å². The molecule has 3 rings (SSSR count). The van der Waals surface area contributed by atoms with Gasteiger partial charge in [0, 0.05) is 35.0 Å². The van der Waals surface area contributed by atoms with Crippen molar-refractivity contribution in [1.29, 1.82) is 0 Å². The van der Waals surface area contributed by atoms with Crippen LogP contribution in [0, 0.1) is 0 Å². The first-order chi connectivity index (χ1) is 15.8. The van der Waals surface area contributed by atoms with Crippen molar-refractivity contribution in [3.63, 3.8) is 0 Å². The highest BCUT2D eigenvalue weighted by molar-refractivity contribution is 5.98. The van der Waals surface area contributed by atoms with E-state index in [-0.39, 0.29) is 23.9 Å². The Morgan fingerprint density at radius 2 is 1.58 bits per heavy atom. The van der Waals surface area contributed by atoms with E-state index in [9.17, 15) is 9.59 Å². The fourth-order valence-electron chi connectivity index (χ4n) is 3.17. The largest absolute Gasteiger partial charge is 0.493 e. The van der Waals surface area contributed by atoms with Crippen molar-refractivity contribution in [3.05, 3.63) is 90.0 Å². The number of hydrogen-bond donors (Lipinski definition) is 3. The SMILES string of the molecule is CC(C)(C)NC(=O)c1cccc(NC(=O)CNc2cccc(OCCc3ccccc3)c2)c1. The Labute approximate surface area is 195 Å². The first-order valence-corrected chi connectivity index (χ1v) is 11.0. The summed E-state index contributed by atoms with van der Waals surface area (Å²) in [6, 6.07) is 24.6. The second-order valence-electron chi connectivity index (χ2n) is 8.80. The van der Waals surface area contributed by atoms with Crippen LogP contribution < -0.4 is 20.7 Å². The van der Waals surface area contributed by atoms with Gasteiger partial charge in [0.05, 0.1) is 13.2 Å². The van der Waals surface area contributed by atoms with Crippen LogP contribution in [-0.2, 0) is 11.2 Å². The second kappa shape index (κ2) is 11.2. The Morgan fingerprint density at radius 3 is 2.33 bits per heavy atom. The van der Waals surface area contributed by atoms with Crippen LogP contribution in [0.15, 0.2) is 78.9 Å². The molecule has 0 saturated carbocycles. The molecule has 0 fully saturated rings. The molecule has 0 radical (unpaired) electrons. The normalized spacial score (nSPS) is 10.9. The molecule has 172 valence electrons. The monoisotopic (exact) mass is 445 g/mol. The van der Waals surface area contributed by atoms with Gasteiger partial charge in [-0.05, 0) is 56.7 Å². The van der Waals surface area contributed by atoms with Gasteiger partial charge in [-0.25, -0.2) is 0 Å². The molecule has 0 aliphatic rings. The van der Waals surface area contributed by atoms with Crippen LogP contribution in [0.4, 0.5) is 11.4 Å². The first-order valence-electron chi connectivity index (χ1n) is 11.0. The Hall–Kier alpha value is -3.80. The average molecular weight is 446 g/mol. The zero-order valence-corrected chi connectivity index (χ0v) is 19.4. The number of rotatable bonds is 9. The lowest BCUT2D eigenvalue weighted by Crippen LogP contribution is -2.40. The van der Waals surface area contributed by atoms with Crippen molar-refractivity contribution in [3.8, 4) is 5.75 Å². The minimum Gasteiger partial charge on any atom is -0.493 e. The highest BCUT2D eigenvalue weighted by Gasteiger charge is 2.15. The number of amides is 2. The van der Waals surface area contributed by atoms with Gasteiger partial charge in [-0.15, -0.1) is 0 Å². The lowest BCUT2D eigenvalue weighted by Gasteiger charge is -2.20. The predicted molar refractivity (Wildman–Crippen MR) is 133 cm³/mol. The Balaban J connectivity index is 1.48. The summed E-state index contributed by atoms with van der Waals surface area (Å²) in [5, 5.41) is 8.85. The van der Waals surface area contributed by atoms with Crippen LogP contribution >= 0.6 is 0 Å². The Bertz CT molecular complexity index is 1080. The highest BCUT2D eigenvalue weighted by Crippen LogP contribution is 2.18. The Kier molecular flexibility index (Phi) is 8.08. The molecule has 0 aliphatic carbocycles. The second-order valence-corrected chi connectivity index (χ2v) is 8.80. The van der Waals surface area contributed by atoms with E-state index in [0.29, 0.717) is 17.9 Å². The summed E-state index contributed by atoms with van der Waals surface area (Å²) >= 11 is 0. The molecule has 0 aliphatic heterocycles. The number of anilines is 2. The zero-order chi connectivity index (χ0) is 23.7. The number of carbonyl (C=O) groups is 2. The van der Waals surface area contributed by atoms with E-state index in [2.05, 4.69) is 28.1 Å². The fourth-order valence-corrected chi connectivity index (χ4v) is 3.17. The van der Waals surface area contributed by atoms with Crippen LogP contribution in [0.2, 0.25) is 0 Å². The average Bonchev–Trinajstić information content (AvgIpc) is 2.78. The van der Waals surface area contributed by atoms with Gasteiger partial charge in [-0.2, -0.15) is 0 Å². The summed E-state index contributed by atoms with van der Waals surface area (Å²) in [6.45, 7) is 6.43. The lowest BCUT2D eigenvalue weighted by molar-refractivity contribution is -0.114. The van der Waals surface area contributed by atoms with Gasteiger partial charge in [-0.3, -0.25) is 9.59 Å². The van der Waals surface area contributed by atoms with Gasteiger partial charge in [-0.1, -0.05) is 42.5 Å². The van der Waals surface area contributed by atoms with E-state index in [1.165, 1.54) is 5.56 Å². The maximum absolute atomic E-state index is 12.4. The van der Waals surface area contributed by atoms with Gasteiger partial charge < -0.3 is 20.7 Å². The van der Waals surface area contributed by atoms with Crippen LogP contribution in [0.3, 0.4) is 0 Å². The first kappa shape index (κ1) is 23.9. The summed E-state index contributed by atoms with van der Waals surface area (Å²) in [5.41, 5.74) is 2.75. The molecule has 3 N–H and O–H groups in total. The molecular weight excluding hydrogens is 414 g/mol. The topological polar surface area (TPSA) is 79.5 Å². The molecule has 0 atom stereocenters. The summed E-state index contributed by atoms with van der Waals surface area (Å²) in [6.07, 6.45) is 0.827. The van der Waals surface area contributed by atoms with Gasteiger partial charge in [0.1, 0.15) is 5.75 Å². The highest BCUT2D eigenvalue weighted by atomic mass is 16.5. The lowest BCUT2D eigenvalue weighted by atomic mass is 10.1. The number of hydrogen-bond acceptors (Lipinski definition) is 4. The maximum atomic E-state index is 12.4. The molecule has 3 aromatic rings. The summed E-state index contributed by atoms with van der Waals surface area (Å²) in [5.74, 6) is 0.355. The number of ether oxygens (including phenoxy) is 1. The van der Waals surface area contributed by atoms with Crippen molar-refractivity contribution in [2.75, 3.05) is 23.8 Å². The fraction of sp³-hybridized carbons (Fsp3) is 0.259. The number of benzene rings is 3. The van der Waals surface area contributed by atoms with Crippen LogP contribution in [-0.4, -0.2) is 30.5 Å². The van der Waals surface area contributed by atoms with Crippen molar-refractivity contribution in [2.45, 2.75) is 32.7 Å². The van der Waals surface area contributed by atoms with Gasteiger partial charge >= 0.3 is 0 Å². The molecule has 2 amide bonds. The molecule has 0 spiro atoms. The van der Waals surface area contributed by atoms with E-state index in [4.69, 9.17) is 4.74 Å². The van der Waals surface area contributed by atoms with E-state index in [1.807, 2.05) is 63.2 Å². The maximum Gasteiger partial charge on any atom is 0.251 e. The number of carbonyl (C=O) groups excluding carboxylic acids is 2. The van der Waals surface area contributed by atoms with Gasteiger partial charge in [0.25, 0.3) is 5.91 Å². The molecule has 0 unspecified atom stereocenters. The molecule has 6 nitrogen and oxygen atoms in total. The molecule has 0 saturated heterocycles. The van der Waals surface area contributed by atoms with E-state index in [0.717, 1.165) is 17.9 Å². The van der Waals surface area contributed by atoms with E-state index < -0.39 is 0 Å². The minimum atomic E-state index is -0.333. The Morgan fingerprint density at radius 1 is 0.848 bits per heavy atom. The minimum absolute atomic E-state index is 0.0892. The number of nitrogens with one attached hydrogen (secondary N) is 3. The zero-order valence-electron chi connectivity index (χ0n) is 19.4. The molecular formula is C27H31N3O3. The summed E-state index contributed by atoms with van der Waals surface area (Å²) in [7, 11) is 0. The third-order valence-corrected chi connectivity index (χ3v) is 4.69. The third-order valence-electron chi connectivity index (χ3n) is 4.69. The van der Waals surface area contributed by atoms with Gasteiger partial charge in [0.15, 0.2) is 0 Å². The van der Waals surface area contributed by atoms with Crippen LogP contribution in [0.5, 0.6) is 5.75 Å². The molecule has 3 aromatic carbocycles.